The van der Waals surface area contributed by atoms with Crippen molar-refractivity contribution in [3.05, 3.63) is 0 Å². The Kier molecular flexibility index (Phi) is 7.09. The van der Waals surface area contributed by atoms with Crippen LogP contribution in [-0.4, -0.2) is 9.74 Å². The molecule has 0 aliphatic heterocycles. The Balaban J connectivity index is 2.72. The lowest BCUT2D eigenvalue weighted by atomic mass is 10.4. The van der Waals surface area contributed by atoms with E-state index < -0.39 is 0 Å². The molecule has 4 heteroatoms. The highest BCUT2D eigenvalue weighted by Gasteiger charge is 1.99. The summed E-state index contributed by atoms with van der Waals surface area (Å²) in [5, 5.41) is 0. The van der Waals surface area contributed by atoms with Gasteiger partial charge in [0, 0.05) is 0 Å². The minimum atomic E-state index is 0.291. The molecule has 0 heterocycles. The third-order valence-corrected chi connectivity index (χ3v) is 2.70. The summed E-state index contributed by atoms with van der Waals surface area (Å²) in [5.41, 5.74) is 5.48. The van der Waals surface area contributed by atoms with E-state index in [1.165, 1.54) is 18.6 Å². The zero-order chi connectivity index (χ0) is 6.41. The van der Waals surface area contributed by atoms with Crippen LogP contribution in [0.25, 0.3) is 0 Å². The number of hydrogen-bond donors (Lipinski definition) is 1. The van der Waals surface area contributed by atoms with Crippen LogP contribution in [0.1, 0.15) is 19.8 Å². The maximum atomic E-state index is 5.48. The summed E-state index contributed by atoms with van der Waals surface area (Å²) in [6, 6.07) is 0. The number of hydrogen-bond acceptors (Lipinski definition) is 2. The fraction of sp³-hybridized carbons (Fsp3) is 1.00. The van der Waals surface area contributed by atoms with E-state index in [0.29, 0.717) is 3.98 Å². The van der Waals surface area contributed by atoms with Crippen molar-refractivity contribution in [2.24, 2.45) is 5.64 Å². The predicted octanol–water partition coefficient (Wildman–Crippen LogP) is 1.90. The molecule has 0 aliphatic carbocycles. The maximum Gasteiger partial charge on any atom is 0.359 e. The minimum absolute atomic E-state index is 0.291. The lowest BCUT2D eigenvalue weighted by Crippen LogP contribution is -2.12. The van der Waals surface area contributed by atoms with Gasteiger partial charge in [0.15, 0.2) is 0 Å². The largest absolute Gasteiger partial charge is 0.359 e. The molecule has 0 bridgehead atoms. The van der Waals surface area contributed by atoms with Gasteiger partial charge in [0.1, 0.15) is 0 Å². The molecule has 0 aromatic rings. The van der Waals surface area contributed by atoms with Crippen molar-refractivity contribution in [1.29, 1.82) is 0 Å². The first kappa shape index (κ1) is 9.10. The van der Waals surface area contributed by atoms with Crippen molar-refractivity contribution in [3.8, 4) is 0 Å². The van der Waals surface area contributed by atoms with Crippen molar-refractivity contribution in [3.63, 3.8) is 0 Å². The molecule has 0 atom stereocenters. The van der Waals surface area contributed by atoms with Crippen molar-refractivity contribution < 1.29 is 0 Å². The first-order valence-corrected chi connectivity index (χ1v) is 5.08. The molecule has 0 radical (unpaired) electrons. The fourth-order valence-corrected chi connectivity index (χ4v) is 1.78. The average Bonchev–Trinajstić information content (AvgIpc) is 1.66. The van der Waals surface area contributed by atoms with Crippen LogP contribution in [0.3, 0.4) is 0 Å². The molecule has 0 unspecified atom stereocenters. The quantitative estimate of drug-likeness (QED) is 0.463. The van der Waals surface area contributed by atoms with Crippen LogP contribution in [0.15, 0.2) is 0 Å². The van der Waals surface area contributed by atoms with Crippen molar-refractivity contribution >= 4 is 38.0 Å². The zero-order valence-electron chi connectivity index (χ0n) is 5.06. The molecule has 0 aliphatic rings. The summed E-state index contributed by atoms with van der Waals surface area (Å²) in [7, 11) is 0. The van der Waals surface area contributed by atoms with E-state index in [-0.39, 0.29) is 0 Å². The summed E-state index contributed by atoms with van der Waals surface area (Å²) in [6.45, 7) is 2.19. The number of halogens is 1. The maximum absolute atomic E-state index is 5.48. The van der Waals surface area contributed by atoms with Gasteiger partial charge < -0.3 is 5.64 Å². The minimum Gasteiger partial charge on any atom is -0.351 e. The summed E-state index contributed by atoms with van der Waals surface area (Å²) in [4.78, 5) is 0. The highest BCUT2D eigenvalue weighted by Crippen LogP contribution is 2.09. The molecule has 0 aromatic heterocycles. The van der Waals surface area contributed by atoms with Crippen LogP contribution in [0.4, 0.5) is 0 Å². The Morgan fingerprint density at radius 2 is 2.38 bits per heavy atom. The summed E-state index contributed by atoms with van der Waals surface area (Å²) < 4.78 is 0.291. The Bertz CT molecular complexity index is 53.3. The number of rotatable bonds is 4. The van der Waals surface area contributed by atoms with Gasteiger partial charge in [-0.3, -0.25) is 0 Å². The highest BCUT2D eigenvalue weighted by molar-refractivity contribution is 14.1. The van der Waals surface area contributed by atoms with Gasteiger partial charge in [-0.2, -0.15) is 11.6 Å². The van der Waals surface area contributed by atoms with Crippen molar-refractivity contribution in [2.45, 2.75) is 19.8 Å². The molecule has 1 nitrogen and oxygen atoms in total. The predicted molar refractivity (Wildman–Crippen MR) is 51.3 cm³/mol. The molecule has 0 fully saturated rings. The zero-order valence-corrected chi connectivity index (χ0v) is 8.04. The van der Waals surface area contributed by atoms with Gasteiger partial charge in [-0.25, -0.2) is 0 Å². The second-order valence-electron chi connectivity index (χ2n) is 1.58. The first-order chi connectivity index (χ1) is 3.77. The number of unbranched alkanes of at least 4 members (excludes halogenated alkanes) is 1. The molecule has 0 amide bonds. The summed E-state index contributed by atoms with van der Waals surface area (Å²) in [5.74, 6) is 1.21. The molecule has 2 N–H and O–H groups in total. The standard InChI is InChI=1S/C4H11BINS/c1-2-3-4-8-5(6)7/h2-4,7H2,1H3. The Hall–Kier alpha value is 1.10. The van der Waals surface area contributed by atoms with Gasteiger partial charge in [0.2, 0.25) is 0 Å². The van der Waals surface area contributed by atoms with Gasteiger partial charge in [-0.05, 0) is 12.2 Å². The van der Waals surface area contributed by atoms with E-state index in [1.54, 1.807) is 0 Å². The molecular formula is C4H11BINS. The summed E-state index contributed by atoms with van der Waals surface area (Å²) >= 11 is 4.04. The second kappa shape index (κ2) is 6.23. The molecule has 0 saturated carbocycles. The molecule has 0 rings (SSSR count). The Labute approximate surface area is 69.0 Å². The smallest absolute Gasteiger partial charge is 0.351 e. The van der Waals surface area contributed by atoms with E-state index in [1.807, 2.05) is 11.6 Å². The van der Waals surface area contributed by atoms with E-state index in [2.05, 4.69) is 29.3 Å². The van der Waals surface area contributed by atoms with E-state index in [0.717, 1.165) is 0 Å². The fourth-order valence-electron chi connectivity index (χ4n) is 0.340. The van der Waals surface area contributed by atoms with Crippen molar-refractivity contribution in [2.75, 3.05) is 5.75 Å². The second-order valence-corrected chi connectivity index (χ2v) is 5.01. The van der Waals surface area contributed by atoms with Crippen LogP contribution in [0, 0.1) is 0 Å². The van der Waals surface area contributed by atoms with E-state index >= 15 is 0 Å². The Morgan fingerprint density at radius 1 is 1.75 bits per heavy atom. The summed E-state index contributed by atoms with van der Waals surface area (Å²) in [6.07, 6.45) is 2.57. The molecule has 8 heavy (non-hydrogen) atoms. The van der Waals surface area contributed by atoms with Crippen LogP contribution < -0.4 is 5.64 Å². The van der Waals surface area contributed by atoms with Crippen LogP contribution in [0.2, 0.25) is 0 Å². The molecule has 0 spiro atoms. The lowest BCUT2D eigenvalue weighted by Gasteiger charge is -1.96. The first-order valence-electron chi connectivity index (χ1n) is 2.78. The van der Waals surface area contributed by atoms with Crippen LogP contribution in [-0.2, 0) is 0 Å². The van der Waals surface area contributed by atoms with Crippen LogP contribution in [0.5, 0.6) is 0 Å². The van der Waals surface area contributed by atoms with Gasteiger partial charge in [0.25, 0.3) is 0 Å². The van der Waals surface area contributed by atoms with Gasteiger partial charge in [-0.15, -0.1) is 22.4 Å². The monoisotopic (exact) mass is 243 g/mol. The Morgan fingerprint density at radius 3 is 2.75 bits per heavy atom. The molecule has 0 aromatic carbocycles. The molecule has 48 valence electrons. The third-order valence-electron chi connectivity index (χ3n) is 0.775. The average molecular weight is 243 g/mol. The normalized spacial score (nSPS) is 9.38. The van der Waals surface area contributed by atoms with E-state index in [9.17, 15) is 0 Å². The third kappa shape index (κ3) is 7.10. The van der Waals surface area contributed by atoms with Crippen LogP contribution >= 0.6 is 34.0 Å². The SMILES string of the molecule is CCCCSB(N)I. The topological polar surface area (TPSA) is 26.0 Å². The van der Waals surface area contributed by atoms with Gasteiger partial charge >= 0.3 is 3.98 Å². The highest BCUT2D eigenvalue weighted by atomic mass is 127. The lowest BCUT2D eigenvalue weighted by molar-refractivity contribution is 0.898. The number of nitrogens with two attached hydrogens (primary N) is 1. The molecular weight excluding hydrogens is 232 g/mol. The van der Waals surface area contributed by atoms with Gasteiger partial charge in [-0.1, -0.05) is 13.3 Å². The van der Waals surface area contributed by atoms with Crippen molar-refractivity contribution in [1.82, 2.24) is 0 Å². The molecule has 0 saturated heterocycles. The van der Waals surface area contributed by atoms with E-state index in [4.69, 9.17) is 5.64 Å². The van der Waals surface area contributed by atoms with Gasteiger partial charge in [0.05, 0.1) is 0 Å².